The molecule has 0 unspecified atom stereocenters. The van der Waals surface area contributed by atoms with Crippen molar-refractivity contribution in [2.45, 2.75) is 6.54 Å². The number of halogens is 1. The van der Waals surface area contributed by atoms with Crippen molar-refractivity contribution in [1.82, 2.24) is 0 Å². The van der Waals surface area contributed by atoms with E-state index in [2.05, 4.69) is 27.3 Å². The number of hydrogen-bond donors (Lipinski definition) is 2. The van der Waals surface area contributed by atoms with Crippen LogP contribution in [0.3, 0.4) is 0 Å². The summed E-state index contributed by atoms with van der Waals surface area (Å²) in [5.74, 6) is -0.443. The first-order valence-corrected chi connectivity index (χ1v) is 6.72. The molecule has 20 heavy (non-hydrogen) atoms. The highest BCUT2D eigenvalue weighted by Crippen LogP contribution is 2.24. The van der Waals surface area contributed by atoms with Crippen LogP contribution in [0.25, 0.3) is 0 Å². The second-order valence-corrected chi connectivity index (χ2v) is 5.04. The maximum absolute atomic E-state index is 11.3. The lowest BCUT2D eigenvalue weighted by molar-refractivity contribution is 0.0999. The molecular formula is C15H12BrN3O. The normalized spacial score (nSPS) is 9.80. The predicted octanol–water partition coefficient (Wildman–Crippen LogP) is 3.03. The van der Waals surface area contributed by atoms with E-state index in [-0.39, 0.29) is 0 Å². The van der Waals surface area contributed by atoms with E-state index in [0.29, 0.717) is 17.7 Å². The third-order valence-electron chi connectivity index (χ3n) is 2.85. The number of benzene rings is 2. The maximum atomic E-state index is 11.3. The van der Waals surface area contributed by atoms with Crippen molar-refractivity contribution in [3.63, 3.8) is 0 Å². The first-order valence-electron chi connectivity index (χ1n) is 5.93. The number of nitrogens with two attached hydrogens (primary N) is 1. The molecule has 3 N–H and O–H groups in total. The Balaban J connectivity index is 2.18. The third kappa shape index (κ3) is 3.16. The van der Waals surface area contributed by atoms with Crippen LogP contribution in [0.4, 0.5) is 5.69 Å². The van der Waals surface area contributed by atoms with E-state index in [1.54, 1.807) is 24.3 Å². The molecule has 0 bridgehead atoms. The summed E-state index contributed by atoms with van der Waals surface area (Å²) in [5, 5.41) is 12.0. The number of rotatable bonds is 4. The second-order valence-electron chi connectivity index (χ2n) is 4.18. The van der Waals surface area contributed by atoms with Gasteiger partial charge in [0, 0.05) is 22.3 Å². The van der Waals surface area contributed by atoms with Gasteiger partial charge in [-0.2, -0.15) is 5.26 Å². The zero-order valence-electron chi connectivity index (χ0n) is 10.6. The van der Waals surface area contributed by atoms with Gasteiger partial charge in [0.1, 0.15) is 0 Å². The molecule has 0 aromatic heterocycles. The number of nitrogens with zero attached hydrogens (tertiary/aromatic N) is 1. The lowest BCUT2D eigenvalue weighted by Gasteiger charge is -2.11. The van der Waals surface area contributed by atoms with E-state index >= 15 is 0 Å². The lowest BCUT2D eigenvalue weighted by atomic mass is 10.1. The number of anilines is 1. The summed E-state index contributed by atoms with van der Waals surface area (Å²) in [4.78, 5) is 11.3. The predicted molar refractivity (Wildman–Crippen MR) is 81.1 cm³/mol. The van der Waals surface area contributed by atoms with Gasteiger partial charge in [0.25, 0.3) is 0 Å². The summed E-state index contributed by atoms with van der Waals surface area (Å²) in [6.45, 7) is 0.476. The van der Waals surface area contributed by atoms with Gasteiger partial charge >= 0.3 is 0 Å². The highest BCUT2D eigenvalue weighted by molar-refractivity contribution is 9.10. The second kappa shape index (κ2) is 6.22. The molecule has 0 radical (unpaired) electrons. The summed E-state index contributed by atoms with van der Waals surface area (Å²) in [6.07, 6.45) is 0. The molecule has 2 aromatic carbocycles. The van der Waals surface area contributed by atoms with Crippen LogP contribution in [0, 0.1) is 11.3 Å². The Labute approximate surface area is 125 Å². The van der Waals surface area contributed by atoms with Gasteiger partial charge in [0.15, 0.2) is 0 Å². The molecule has 0 spiro atoms. The summed E-state index contributed by atoms with van der Waals surface area (Å²) in [5.41, 5.74) is 8.11. The molecule has 100 valence electrons. The molecule has 0 aliphatic carbocycles. The largest absolute Gasteiger partial charge is 0.380 e. The standard InChI is InChI=1S/C15H12BrN3O/c16-13-7-10(8-17)5-6-14(13)19-9-11-3-1-2-4-12(11)15(18)20/h1-7,19H,9H2,(H2,18,20). The van der Waals surface area contributed by atoms with Crippen molar-refractivity contribution in [2.75, 3.05) is 5.32 Å². The van der Waals surface area contributed by atoms with E-state index in [1.165, 1.54) is 0 Å². The Kier molecular flexibility index (Phi) is 4.38. The first kappa shape index (κ1) is 14.1. The van der Waals surface area contributed by atoms with E-state index in [4.69, 9.17) is 11.0 Å². The van der Waals surface area contributed by atoms with Crippen LogP contribution in [0.15, 0.2) is 46.9 Å². The number of primary amides is 1. The van der Waals surface area contributed by atoms with Gasteiger partial charge in [0.05, 0.1) is 11.6 Å². The minimum atomic E-state index is -0.443. The monoisotopic (exact) mass is 329 g/mol. The molecule has 0 saturated heterocycles. The van der Waals surface area contributed by atoms with Crippen molar-refractivity contribution >= 4 is 27.5 Å². The molecule has 5 heteroatoms. The molecule has 0 saturated carbocycles. The molecule has 2 aromatic rings. The van der Waals surface area contributed by atoms with Gasteiger partial charge in [-0.25, -0.2) is 0 Å². The van der Waals surface area contributed by atoms with Gasteiger partial charge in [-0.1, -0.05) is 18.2 Å². The Bertz CT molecular complexity index is 692. The van der Waals surface area contributed by atoms with Crippen molar-refractivity contribution in [3.05, 3.63) is 63.6 Å². The zero-order valence-corrected chi connectivity index (χ0v) is 12.1. The number of hydrogen-bond acceptors (Lipinski definition) is 3. The Morgan fingerprint density at radius 3 is 2.70 bits per heavy atom. The fourth-order valence-corrected chi connectivity index (χ4v) is 2.35. The average molecular weight is 330 g/mol. The fraction of sp³-hybridized carbons (Fsp3) is 0.0667. The molecule has 0 atom stereocenters. The number of carbonyl (C=O) groups is 1. The summed E-state index contributed by atoms with van der Waals surface area (Å²) < 4.78 is 0.799. The Hall–Kier alpha value is -2.32. The average Bonchev–Trinajstić information content (AvgIpc) is 2.46. The van der Waals surface area contributed by atoms with Crippen LogP contribution in [0.2, 0.25) is 0 Å². The first-order chi connectivity index (χ1) is 9.61. The Morgan fingerprint density at radius 1 is 1.30 bits per heavy atom. The quantitative estimate of drug-likeness (QED) is 0.904. The molecule has 0 aliphatic heterocycles. The number of nitrogens with one attached hydrogen (secondary N) is 1. The highest BCUT2D eigenvalue weighted by atomic mass is 79.9. The van der Waals surface area contributed by atoms with E-state index in [0.717, 1.165) is 15.7 Å². The molecule has 0 fully saturated rings. The van der Waals surface area contributed by atoms with Crippen molar-refractivity contribution < 1.29 is 4.79 Å². The topological polar surface area (TPSA) is 78.9 Å². The zero-order chi connectivity index (χ0) is 14.5. The molecule has 2 rings (SSSR count). The van der Waals surface area contributed by atoms with Crippen LogP contribution in [0.1, 0.15) is 21.5 Å². The SMILES string of the molecule is N#Cc1ccc(NCc2ccccc2C(N)=O)c(Br)c1. The lowest BCUT2D eigenvalue weighted by Crippen LogP contribution is -2.15. The molecule has 0 heterocycles. The fourth-order valence-electron chi connectivity index (χ4n) is 1.83. The van der Waals surface area contributed by atoms with Gasteiger partial charge in [-0.15, -0.1) is 0 Å². The maximum Gasteiger partial charge on any atom is 0.249 e. The minimum absolute atomic E-state index is 0.443. The van der Waals surface area contributed by atoms with Gasteiger partial charge < -0.3 is 11.1 Å². The van der Waals surface area contributed by atoms with Crippen LogP contribution in [-0.2, 0) is 6.54 Å². The van der Waals surface area contributed by atoms with Crippen molar-refractivity contribution in [2.24, 2.45) is 5.73 Å². The Morgan fingerprint density at radius 2 is 2.05 bits per heavy atom. The van der Waals surface area contributed by atoms with Crippen LogP contribution < -0.4 is 11.1 Å². The number of amides is 1. The number of nitriles is 1. The van der Waals surface area contributed by atoms with Crippen LogP contribution >= 0.6 is 15.9 Å². The van der Waals surface area contributed by atoms with Gasteiger partial charge in [-0.3, -0.25) is 4.79 Å². The smallest absolute Gasteiger partial charge is 0.249 e. The minimum Gasteiger partial charge on any atom is -0.380 e. The number of carbonyl (C=O) groups excluding carboxylic acids is 1. The third-order valence-corrected chi connectivity index (χ3v) is 3.51. The molecule has 4 nitrogen and oxygen atoms in total. The van der Waals surface area contributed by atoms with Crippen molar-refractivity contribution in [3.8, 4) is 6.07 Å². The van der Waals surface area contributed by atoms with Crippen LogP contribution in [-0.4, -0.2) is 5.91 Å². The van der Waals surface area contributed by atoms with Gasteiger partial charge in [-0.05, 0) is 45.8 Å². The van der Waals surface area contributed by atoms with Crippen molar-refractivity contribution in [1.29, 1.82) is 5.26 Å². The van der Waals surface area contributed by atoms with E-state index < -0.39 is 5.91 Å². The van der Waals surface area contributed by atoms with Gasteiger partial charge in [0.2, 0.25) is 5.91 Å². The molecular weight excluding hydrogens is 318 g/mol. The highest BCUT2D eigenvalue weighted by Gasteiger charge is 2.07. The molecule has 0 aliphatic rings. The summed E-state index contributed by atoms with van der Waals surface area (Å²) in [7, 11) is 0. The molecule has 1 amide bonds. The summed E-state index contributed by atoms with van der Waals surface area (Å²) in [6, 6.07) is 14.5. The van der Waals surface area contributed by atoms with E-state index in [9.17, 15) is 4.79 Å². The van der Waals surface area contributed by atoms with Crippen LogP contribution in [0.5, 0.6) is 0 Å². The summed E-state index contributed by atoms with van der Waals surface area (Å²) >= 11 is 3.40. The van der Waals surface area contributed by atoms with E-state index in [1.807, 2.05) is 18.2 Å².